The summed E-state index contributed by atoms with van der Waals surface area (Å²) in [6.45, 7) is 1.15. The summed E-state index contributed by atoms with van der Waals surface area (Å²) in [5, 5.41) is 0. The van der Waals surface area contributed by atoms with Gasteiger partial charge in [0.1, 0.15) is 0 Å². The maximum absolute atomic E-state index is 12.9. The number of rotatable bonds is 4. The van der Waals surface area contributed by atoms with E-state index in [-0.39, 0.29) is 19.1 Å². The standard InChI is InChI=1S/C14H18ClF3N2/c15-7-4-8-19-9-10-20(14(16,17)18)11-13(19)12-5-2-1-3-6-12/h1-3,5-6,13H,4,7-11H2. The Kier molecular flexibility index (Phi) is 5.29. The minimum atomic E-state index is -4.26. The van der Waals surface area contributed by atoms with Gasteiger partial charge in [-0.15, -0.1) is 11.6 Å². The van der Waals surface area contributed by atoms with Crippen LogP contribution in [0.1, 0.15) is 18.0 Å². The van der Waals surface area contributed by atoms with Gasteiger partial charge >= 0.3 is 6.30 Å². The second-order valence-corrected chi connectivity index (χ2v) is 5.30. The fourth-order valence-corrected chi connectivity index (χ4v) is 2.69. The lowest BCUT2D eigenvalue weighted by Crippen LogP contribution is -2.53. The number of nitrogens with zero attached hydrogens (tertiary/aromatic N) is 2. The zero-order valence-corrected chi connectivity index (χ0v) is 11.9. The Hall–Kier alpha value is -0.780. The lowest BCUT2D eigenvalue weighted by Gasteiger charge is -2.42. The normalized spacial score (nSPS) is 22.1. The molecule has 0 N–H and O–H groups in total. The van der Waals surface area contributed by atoms with Crippen molar-refractivity contribution in [1.82, 2.24) is 9.80 Å². The molecule has 1 aliphatic heterocycles. The summed E-state index contributed by atoms with van der Waals surface area (Å²) in [7, 11) is 0. The number of hydrogen-bond donors (Lipinski definition) is 0. The molecular formula is C14H18ClF3N2. The molecule has 0 amide bonds. The zero-order valence-electron chi connectivity index (χ0n) is 11.1. The Labute approximate surface area is 122 Å². The molecular weight excluding hydrogens is 289 g/mol. The maximum atomic E-state index is 12.9. The van der Waals surface area contributed by atoms with E-state index >= 15 is 0 Å². The first-order valence-corrected chi connectivity index (χ1v) is 7.22. The third-order valence-electron chi connectivity index (χ3n) is 3.61. The van der Waals surface area contributed by atoms with Gasteiger partial charge in [0.25, 0.3) is 0 Å². The van der Waals surface area contributed by atoms with Gasteiger partial charge in [-0.25, -0.2) is 4.90 Å². The molecule has 1 aliphatic rings. The highest BCUT2D eigenvalue weighted by Crippen LogP contribution is 2.31. The van der Waals surface area contributed by atoms with Crippen molar-refractivity contribution in [2.75, 3.05) is 32.1 Å². The quantitative estimate of drug-likeness (QED) is 0.620. The van der Waals surface area contributed by atoms with Gasteiger partial charge in [-0.3, -0.25) is 4.90 Å². The molecule has 2 nitrogen and oxygen atoms in total. The topological polar surface area (TPSA) is 6.48 Å². The van der Waals surface area contributed by atoms with E-state index in [1.807, 2.05) is 30.3 Å². The van der Waals surface area contributed by atoms with Crippen LogP contribution in [0.2, 0.25) is 0 Å². The van der Waals surface area contributed by atoms with Crippen LogP contribution in [-0.4, -0.2) is 48.2 Å². The van der Waals surface area contributed by atoms with Gasteiger partial charge in [0.05, 0.1) is 0 Å². The first kappa shape index (κ1) is 15.6. The summed E-state index contributed by atoms with van der Waals surface area (Å²) < 4.78 is 38.7. The molecule has 112 valence electrons. The van der Waals surface area contributed by atoms with Crippen LogP contribution in [0, 0.1) is 0 Å². The van der Waals surface area contributed by atoms with E-state index in [2.05, 4.69) is 4.90 Å². The Balaban J connectivity index is 2.15. The van der Waals surface area contributed by atoms with Gasteiger partial charge in [-0.2, -0.15) is 13.2 Å². The number of halogens is 4. The van der Waals surface area contributed by atoms with Crippen molar-refractivity contribution in [2.45, 2.75) is 18.8 Å². The number of alkyl halides is 4. The molecule has 0 radical (unpaired) electrons. The maximum Gasteiger partial charge on any atom is 0.460 e. The molecule has 20 heavy (non-hydrogen) atoms. The van der Waals surface area contributed by atoms with Gasteiger partial charge in [-0.05, 0) is 18.5 Å². The van der Waals surface area contributed by atoms with Crippen LogP contribution in [0.5, 0.6) is 0 Å². The second-order valence-electron chi connectivity index (χ2n) is 4.92. The Morgan fingerprint density at radius 1 is 1.15 bits per heavy atom. The molecule has 1 aromatic rings. The minimum absolute atomic E-state index is 0.0181. The average molecular weight is 307 g/mol. The summed E-state index contributed by atoms with van der Waals surface area (Å²) in [5.41, 5.74) is 0.927. The molecule has 1 fully saturated rings. The highest BCUT2D eigenvalue weighted by Gasteiger charge is 2.42. The Morgan fingerprint density at radius 2 is 1.85 bits per heavy atom. The lowest BCUT2D eigenvalue weighted by atomic mass is 10.0. The SMILES string of the molecule is FC(F)(F)N1CCN(CCCCl)C(c2ccccc2)C1. The Morgan fingerprint density at radius 3 is 2.45 bits per heavy atom. The van der Waals surface area contributed by atoms with Gasteiger partial charge in [-0.1, -0.05) is 30.3 Å². The van der Waals surface area contributed by atoms with E-state index in [0.29, 0.717) is 17.3 Å². The van der Waals surface area contributed by atoms with E-state index in [1.54, 1.807) is 0 Å². The van der Waals surface area contributed by atoms with Crippen molar-refractivity contribution in [3.63, 3.8) is 0 Å². The largest absolute Gasteiger partial charge is 0.460 e. The van der Waals surface area contributed by atoms with Gasteiger partial charge < -0.3 is 0 Å². The third kappa shape index (κ3) is 3.87. The van der Waals surface area contributed by atoms with Crippen LogP contribution in [0.4, 0.5) is 13.2 Å². The van der Waals surface area contributed by atoms with Crippen LogP contribution in [0.25, 0.3) is 0 Å². The molecule has 0 saturated carbocycles. The number of hydrogen-bond acceptors (Lipinski definition) is 2. The van der Waals surface area contributed by atoms with Crippen molar-refractivity contribution in [3.05, 3.63) is 35.9 Å². The van der Waals surface area contributed by atoms with Crippen LogP contribution in [-0.2, 0) is 0 Å². The predicted octanol–water partition coefficient (Wildman–Crippen LogP) is 3.49. The van der Waals surface area contributed by atoms with Crippen molar-refractivity contribution in [3.8, 4) is 0 Å². The van der Waals surface area contributed by atoms with Crippen molar-refractivity contribution in [1.29, 1.82) is 0 Å². The van der Waals surface area contributed by atoms with E-state index in [4.69, 9.17) is 11.6 Å². The van der Waals surface area contributed by atoms with Crippen molar-refractivity contribution in [2.24, 2.45) is 0 Å². The zero-order chi connectivity index (χ0) is 14.6. The fraction of sp³-hybridized carbons (Fsp3) is 0.571. The summed E-state index contributed by atoms with van der Waals surface area (Å²) >= 11 is 5.70. The molecule has 1 saturated heterocycles. The van der Waals surface area contributed by atoms with E-state index in [1.165, 1.54) is 0 Å². The van der Waals surface area contributed by atoms with Gasteiger partial charge in [0, 0.05) is 31.6 Å². The monoisotopic (exact) mass is 306 g/mol. The molecule has 1 heterocycles. The molecule has 6 heteroatoms. The summed E-state index contributed by atoms with van der Waals surface area (Å²) in [4.78, 5) is 2.70. The Bertz CT molecular complexity index is 411. The molecule has 0 aromatic heterocycles. The van der Waals surface area contributed by atoms with E-state index in [9.17, 15) is 13.2 Å². The van der Waals surface area contributed by atoms with E-state index < -0.39 is 6.30 Å². The molecule has 1 atom stereocenters. The van der Waals surface area contributed by atoms with Crippen LogP contribution < -0.4 is 0 Å². The van der Waals surface area contributed by atoms with Crippen molar-refractivity contribution < 1.29 is 13.2 Å². The van der Waals surface area contributed by atoms with Crippen molar-refractivity contribution >= 4 is 11.6 Å². The summed E-state index contributed by atoms with van der Waals surface area (Å²) in [5.74, 6) is 0.529. The molecule has 2 rings (SSSR count). The van der Waals surface area contributed by atoms with Crippen LogP contribution in [0.3, 0.4) is 0 Å². The molecule has 0 bridgehead atoms. The molecule has 0 aliphatic carbocycles. The molecule has 0 spiro atoms. The van der Waals surface area contributed by atoms with E-state index in [0.717, 1.165) is 18.5 Å². The second kappa shape index (κ2) is 6.78. The first-order chi connectivity index (χ1) is 9.52. The number of piperazine rings is 1. The highest BCUT2D eigenvalue weighted by molar-refractivity contribution is 6.17. The highest BCUT2D eigenvalue weighted by atomic mass is 35.5. The number of benzene rings is 1. The third-order valence-corrected chi connectivity index (χ3v) is 3.88. The summed E-state index contributed by atoms with van der Waals surface area (Å²) in [6, 6.07) is 9.14. The molecule has 1 aromatic carbocycles. The fourth-order valence-electron chi connectivity index (χ4n) is 2.57. The smallest absolute Gasteiger partial charge is 0.294 e. The van der Waals surface area contributed by atoms with Crippen LogP contribution >= 0.6 is 11.6 Å². The lowest BCUT2D eigenvalue weighted by molar-refractivity contribution is -0.257. The first-order valence-electron chi connectivity index (χ1n) is 6.69. The summed E-state index contributed by atoms with van der Waals surface area (Å²) in [6.07, 6.45) is -3.47. The van der Waals surface area contributed by atoms with Crippen LogP contribution in [0.15, 0.2) is 30.3 Å². The molecule has 1 unspecified atom stereocenters. The van der Waals surface area contributed by atoms with Gasteiger partial charge in [0.15, 0.2) is 0 Å². The minimum Gasteiger partial charge on any atom is -0.294 e. The predicted molar refractivity (Wildman–Crippen MR) is 73.7 cm³/mol. The average Bonchev–Trinajstić information content (AvgIpc) is 2.45. The van der Waals surface area contributed by atoms with Gasteiger partial charge in [0.2, 0.25) is 0 Å².